The largest absolute Gasteiger partial charge is 0.454 e. The second-order valence-electron chi connectivity index (χ2n) is 2.45. The Bertz CT molecular complexity index is 456. The molecule has 0 saturated heterocycles. The van der Waals surface area contributed by atoms with Gasteiger partial charge in [0.1, 0.15) is 17.4 Å². The van der Waals surface area contributed by atoms with E-state index in [1.54, 1.807) is 6.20 Å². The highest BCUT2D eigenvalue weighted by Gasteiger charge is 2.08. The topological polar surface area (TPSA) is 38.9 Å². The van der Waals surface area contributed by atoms with Crippen molar-refractivity contribution in [2.75, 3.05) is 0 Å². The van der Waals surface area contributed by atoms with E-state index in [1.807, 2.05) is 12.1 Å². The smallest absolute Gasteiger partial charge is 0.154 e. The van der Waals surface area contributed by atoms with E-state index in [1.165, 1.54) is 6.33 Å². The van der Waals surface area contributed by atoms with Gasteiger partial charge in [-0.05, 0) is 12.1 Å². The van der Waals surface area contributed by atoms with Crippen molar-refractivity contribution < 1.29 is 4.42 Å². The Morgan fingerprint density at radius 2 is 2.09 bits per heavy atom. The molecule has 0 atom stereocenters. The summed E-state index contributed by atoms with van der Waals surface area (Å²) in [6, 6.07) is 3.85. The molecule has 0 spiro atoms. The summed E-state index contributed by atoms with van der Waals surface area (Å²) in [6.45, 7) is 0. The second kappa shape index (κ2) is 1.50. The Labute approximate surface area is 62.0 Å². The number of furan rings is 2. The van der Waals surface area contributed by atoms with Crippen molar-refractivity contribution in [1.82, 2.24) is 9.97 Å². The molecule has 52 valence electrons. The molecule has 3 aromatic heterocycles. The van der Waals surface area contributed by atoms with Gasteiger partial charge in [0.15, 0.2) is 5.58 Å². The number of hydrogen-bond acceptors (Lipinski definition) is 3. The molecule has 2 bridgehead atoms. The van der Waals surface area contributed by atoms with E-state index in [0.29, 0.717) is 0 Å². The molecule has 3 nitrogen and oxygen atoms in total. The van der Waals surface area contributed by atoms with Gasteiger partial charge in [-0.25, -0.2) is 9.97 Å². The van der Waals surface area contributed by atoms with Crippen LogP contribution in [0.1, 0.15) is 0 Å². The highest BCUT2D eigenvalue weighted by atomic mass is 16.3. The standard InChI is InChI=1S/C8H4N2O/c1-2-7-8-5(6(1)11-7)3-9-4-10-8/h1-4H. The second-order valence-corrected chi connectivity index (χ2v) is 2.45. The minimum atomic E-state index is 0.845. The van der Waals surface area contributed by atoms with Gasteiger partial charge in [-0.15, -0.1) is 0 Å². The Morgan fingerprint density at radius 1 is 1.18 bits per heavy atom. The average Bonchev–Trinajstić information content (AvgIpc) is 2.64. The number of rotatable bonds is 0. The molecular formula is C8H4N2O. The van der Waals surface area contributed by atoms with E-state index in [-0.39, 0.29) is 0 Å². The summed E-state index contributed by atoms with van der Waals surface area (Å²) in [4.78, 5) is 8.01. The molecule has 3 rings (SSSR count). The molecule has 0 unspecified atom stereocenters. The maximum absolute atomic E-state index is 5.36. The molecule has 0 fully saturated rings. The molecule has 3 aromatic rings. The quantitative estimate of drug-likeness (QED) is 0.483. The van der Waals surface area contributed by atoms with E-state index in [0.717, 1.165) is 22.1 Å². The summed E-state index contributed by atoms with van der Waals surface area (Å²) < 4.78 is 5.36. The van der Waals surface area contributed by atoms with Crippen LogP contribution in [0, 0.1) is 0 Å². The Balaban J connectivity index is 2.76. The summed E-state index contributed by atoms with van der Waals surface area (Å²) in [5, 5.41) is 1.00. The first-order valence-electron chi connectivity index (χ1n) is 3.36. The monoisotopic (exact) mass is 144 g/mol. The zero-order valence-corrected chi connectivity index (χ0v) is 5.61. The number of hydrogen-bond donors (Lipinski definition) is 0. The third-order valence-electron chi connectivity index (χ3n) is 1.82. The number of benzene rings is 1. The van der Waals surface area contributed by atoms with Crippen molar-refractivity contribution in [2.45, 2.75) is 0 Å². The zero-order valence-electron chi connectivity index (χ0n) is 5.61. The Morgan fingerprint density at radius 3 is 3.00 bits per heavy atom. The van der Waals surface area contributed by atoms with Gasteiger partial charge in [0.25, 0.3) is 0 Å². The fraction of sp³-hybridized carbons (Fsp3) is 0. The summed E-state index contributed by atoms with van der Waals surface area (Å²) in [6.07, 6.45) is 3.30. The van der Waals surface area contributed by atoms with Crippen LogP contribution in [0.25, 0.3) is 22.1 Å². The number of fused-ring (bicyclic) bond motifs is 5. The van der Waals surface area contributed by atoms with Gasteiger partial charge in [0.2, 0.25) is 0 Å². The van der Waals surface area contributed by atoms with E-state index in [9.17, 15) is 0 Å². The van der Waals surface area contributed by atoms with Gasteiger partial charge in [0.05, 0.1) is 5.39 Å². The lowest BCUT2D eigenvalue weighted by atomic mass is 10.2. The zero-order chi connectivity index (χ0) is 7.26. The van der Waals surface area contributed by atoms with Crippen LogP contribution in [-0.2, 0) is 0 Å². The van der Waals surface area contributed by atoms with Gasteiger partial charge in [-0.2, -0.15) is 0 Å². The molecule has 0 saturated carbocycles. The molecular weight excluding hydrogens is 140 g/mol. The minimum absolute atomic E-state index is 0.845. The lowest BCUT2D eigenvalue weighted by Gasteiger charge is -1.85. The SMILES string of the molecule is c1ncc2c3ccc(o3)c2n1. The predicted molar refractivity (Wildman–Crippen MR) is 40.5 cm³/mol. The van der Waals surface area contributed by atoms with Crippen molar-refractivity contribution in [1.29, 1.82) is 0 Å². The first-order chi connectivity index (χ1) is 5.45. The molecule has 11 heavy (non-hydrogen) atoms. The summed E-state index contributed by atoms with van der Waals surface area (Å²) in [5.41, 5.74) is 2.63. The molecule has 0 aromatic carbocycles. The predicted octanol–water partition coefficient (Wildman–Crippen LogP) is 1.81. The van der Waals surface area contributed by atoms with Crippen LogP contribution in [0.3, 0.4) is 0 Å². The van der Waals surface area contributed by atoms with Crippen LogP contribution < -0.4 is 0 Å². The van der Waals surface area contributed by atoms with E-state index < -0.39 is 0 Å². The molecule has 0 amide bonds. The lowest BCUT2D eigenvalue weighted by molar-refractivity contribution is 0.678. The summed E-state index contributed by atoms with van der Waals surface area (Å²) in [5.74, 6) is 0. The summed E-state index contributed by atoms with van der Waals surface area (Å²) >= 11 is 0. The van der Waals surface area contributed by atoms with Crippen molar-refractivity contribution in [3.05, 3.63) is 24.7 Å². The Kier molecular flexibility index (Phi) is 0.692. The number of aromatic nitrogens is 2. The molecule has 0 aliphatic rings. The first-order valence-corrected chi connectivity index (χ1v) is 3.36. The van der Waals surface area contributed by atoms with Crippen LogP contribution in [0.2, 0.25) is 0 Å². The molecule has 3 heterocycles. The molecule has 0 radical (unpaired) electrons. The van der Waals surface area contributed by atoms with Crippen molar-refractivity contribution in [2.24, 2.45) is 0 Å². The highest BCUT2D eigenvalue weighted by Crippen LogP contribution is 2.28. The highest BCUT2D eigenvalue weighted by molar-refractivity contribution is 6.03. The molecule has 0 aliphatic carbocycles. The molecule has 3 heteroatoms. The fourth-order valence-electron chi connectivity index (χ4n) is 1.32. The normalized spacial score (nSPS) is 11.6. The maximum atomic E-state index is 5.36. The van der Waals surface area contributed by atoms with Gasteiger partial charge in [0, 0.05) is 6.20 Å². The van der Waals surface area contributed by atoms with Crippen molar-refractivity contribution in [3.63, 3.8) is 0 Å². The summed E-state index contributed by atoms with van der Waals surface area (Å²) in [7, 11) is 0. The molecule has 0 N–H and O–H groups in total. The van der Waals surface area contributed by atoms with Gasteiger partial charge >= 0.3 is 0 Å². The van der Waals surface area contributed by atoms with Crippen molar-refractivity contribution >= 4 is 22.1 Å². The minimum Gasteiger partial charge on any atom is -0.454 e. The third-order valence-corrected chi connectivity index (χ3v) is 1.82. The van der Waals surface area contributed by atoms with Crippen LogP contribution in [0.15, 0.2) is 29.1 Å². The van der Waals surface area contributed by atoms with E-state index in [2.05, 4.69) is 9.97 Å². The average molecular weight is 144 g/mol. The van der Waals surface area contributed by atoms with Crippen LogP contribution in [-0.4, -0.2) is 9.97 Å². The van der Waals surface area contributed by atoms with Crippen LogP contribution in [0.4, 0.5) is 0 Å². The lowest BCUT2D eigenvalue weighted by Crippen LogP contribution is -1.76. The van der Waals surface area contributed by atoms with Crippen molar-refractivity contribution in [3.8, 4) is 0 Å². The van der Waals surface area contributed by atoms with Crippen LogP contribution in [0.5, 0.6) is 0 Å². The fourth-order valence-corrected chi connectivity index (χ4v) is 1.32. The van der Waals surface area contributed by atoms with Gasteiger partial charge < -0.3 is 4.42 Å². The Hall–Kier alpha value is -1.64. The first kappa shape index (κ1) is 5.07. The van der Waals surface area contributed by atoms with E-state index in [4.69, 9.17) is 4.42 Å². The number of nitrogens with zero attached hydrogens (tertiary/aromatic N) is 2. The van der Waals surface area contributed by atoms with E-state index >= 15 is 0 Å². The maximum Gasteiger partial charge on any atom is 0.154 e. The van der Waals surface area contributed by atoms with Crippen LogP contribution >= 0.6 is 0 Å². The third kappa shape index (κ3) is 0.487. The molecule has 0 aliphatic heterocycles. The van der Waals surface area contributed by atoms with Gasteiger partial charge in [-0.3, -0.25) is 0 Å². The van der Waals surface area contributed by atoms with Gasteiger partial charge in [-0.1, -0.05) is 0 Å².